The molecule has 1 amide bonds. The minimum Gasteiger partial charge on any atom is -0.480 e. The first-order valence-electron chi connectivity index (χ1n) is 6.22. The zero-order valence-corrected chi connectivity index (χ0v) is 11.8. The van der Waals surface area contributed by atoms with Gasteiger partial charge in [-0.25, -0.2) is 0 Å². The summed E-state index contributed by atoms with van der Waals surface area (Å²) in [6.07, 6.45) is 1.66. The van der Waals surface area contributed by atoms with Crippen LogP contribution in [0.15, 0.2) is 30.3 Å². The van der Waals surface area contributed by atoms with Crippen molar-refractivity contribution in [2.24, 2.45) is 0 Å². The number of carboxylic acid groups (broad SMARTS) is 1. The molecule has 1 aromatic carbocycles. The summed E-state index contributed by atoms with van der Waals surface area (Å²) in [4.78, 5) is 22.2. The predicted octanol–water partition coefficient (Wildman–Crippen LogP) is 1.94. The summed E-state index contributed by atoms with van der Waals surface area (Å²) in [5, 5.41) is 11.3. The minimum absolute atomic E-state index is 0.00413. The molecule has 104 valence electrons. The Morgan fingerprint density at radius 2 is 2.00 bits per heavy atom. The molecule has 1 aromatic rings. The van der Waals surface area contributed by atoms with E-state index in [1.165, 1.54) is 11.8 Å². The van der Waals surface area contributed by atoms with E-state index in [4.69, 9.17) is 0 Å². The van der Waals surface area contributed by atoms with Crippen LogP contribution in [0.3, 0.4) is 0 Å². The van der Waals surface area contributed by atoms with Gasteiger partial charge in [0.05, 0.1) is 0 Å². The van der Waals surface area contributed by atoms with E-state index in [2.05, 4.69) is 5.32 Å². The summed E-state index contributed by atoms with van der Waals surface area (Å²) < 4.78 is 0. The fourth-order valence-corrected chi connectivity index (χ4v) is 2.68. The molecule has 0 fully saturated rings. The molecule has 0 aliphatic carbocycles. The number of nitrogens with one attached hydrogen (secondary N) is 1. The second-order valence-electron chi connectivity index (χ2n) is 4.16. The van der Waals surface area contributed by atoms with Gasteiger partial charge in [-0.15, -0.1) is 11.8 Å². The number of aliphatic carboxylic acids is 1. The molecule has 0 saturated carbocycles. The number of carbonyl (C=O) groups excluding carboxylic acids is 1. The molecule has 1 rings (SSSR count). The van der Waals surface area contributed by atoms with E-state index in [1.807, 2.05) is 30.3 Å². The lowest BCUT2D eigenvalue weighted by molar-refractivity contribution is -0.136. The highest BCUT2D eigenvalue weighted by molar-refractivity contribution is 8.00. The average Bonchev–Trinajstić information content (AvgIpc) is 2.42. The van der Waals surface area contributed by atoms with Crippen molar-refractivity contribution in [2.45, 2.75) is 24.5 Å². The number of benzene rings is 1. The maximum absolute atomic E-state index is 11.2. The third-order valence-electron chi connectivity index (χ3n) is 2.69. The zero-order valence-electron chi connectivity index (χ0n) is 11.0. The van der Waals surface area contributed by atoms with Gasteiger partial charge in [0, 0.05) is 13.5 Å². The molecule has 0 bridgehead atoms. The third kappa shape index (κ3) is 6.29. The summed E-state index contributed by atoms with van der Waals surface area (Å²) in [6, 6.07) is 9.59. The van der Waals surface area contributed by atoms with Crippen LogP contribution < -0.4 is 5.32 Å². The van der Waals surface area contributed by atoms with Gasteiger partial charge in [0.25, 0.3) is 0 Å². The number of thioether (sulfide) groups is 1. The largest absolute Gasteiger partial charge is 0.480 e. The Labute approximate surface area is 117 Å². The minimum atomic E-state index is -0.797. The molecule has 1 unspecified atom stereocenters. The van der Waals surface area contributed by atoms with Gasteiger partial charge < -0.3 is 10.4 Å². The molecule has 0 saturated heterocycles. The van der Waals surface area contributed by atoms with Gasteiger partial charge in [-0.3, -0.25) is 9.59 Å². The van der Waals surface area contributed by atoms with Crippen molar-refractivity contribution < 1.29 is 14.7 Å². The SMILES string of the molecule is CNC(=O)CCCSC(Cc1ccccc1)C(=O)O. The van der Waals surface area contributed by atoms with Crippen molar-refractivity contribution >= 4 is 23.6 Å². The molecule has 2 N–H and O–H groups in total. The van der Waals surface area contributed by atoms with Crippen LogP contribution in [0.1, 0.15) is 18.4 Å². The lowest BCUT2D eigenvalue weighted by atomic mass is 10.1. The number of hydrogen-bond donors (Lipinski definition) is 2. The second kappa shape index (κ2) is 8.58. The Balaban J connectivity index is 2.37. The Bertz CT molecular complexity index is 408. The van der Waals surface area contributed by atoms with Crippen LogP contribution in [0, 0.1) is 0 Å². The van der Waals surface area contributed by atoms with Crippen LogP contribution in [-0.4, -0.2) is 35.0 Å². The molecular formula is C14H19NO3S. The fraction of sp³-hybridized carbons (Fsp3) is 0.429. The first kappa shape index (κ1) is 15.6. The summed E-state index contributed by atoms with van der Waals surface area (Å²) in [5.41, 5.74) is 1.02. The molecule has 4 nitrogen and oxygen atoms in total. The van der Waals surface area contributed by atoms with Gasteiger partial charge in [-0.05, 0) is 24.2 Å². The van der Waals surface area contributed by atoms with Crippen molar-refractivity contribution in [1.29, 1.82) is 0 Å². The number of carbonyl (C=O) groups is 2. The zero-order chi connectivity index (χ0) is 14.1. The Morgan fingerprint density at radius 3 is 2.58 bits per heavy atom. The normalized spacial score (nSPS) is 11.8. The maximum atomic E-state index is 11.2. The number of carboxylic acids is 1. The van der Waals surface area contributed by atoms with Gasteiger partial charge in [0.15, 0.2) is 0 Å². The molecule has 19 heavy (non-hydrogen) atoms. The first-order chi connectivity index (χ1) is 9.13. The van der Waals surface area contributed by atoms with E-state index in [-0.39, 0.29) is 5.91 Å². The molecule has 1 atom stereocenters. The van der Waals surface area contributed by atoms with Gasteiger partial charge in [0.2, 0.25) is 5.91 Å². The second-order valence-corrected chi connectivity index (χ2v) is 5.47. The van der Waals surface area contributed by atoms with E-state index in [0.29, 0.717) is 25.0 Å². The van der Waals surface area contributed by atoms with Crippen LogP contribution in [-0.2, 0) is 16.0 Å². The smallest absolute Gasteiger partial charge is 0.316 e. The van der Waals surface area contributed by atoms with E-state index in [1.54, 1.807) is 7.05 Å². The van der Waals surface area contributed by atoms with Crippen molar-refractivity contribution in [2.75, 3.05) is 12.8 Å². The lowest BCUT2D eigenvalue weighted by Crippen LogP contribution is -2.20. The molecule has 0 aliphatic heterocycles. The molecular weight excluding hydrogens is 262 g/mol. The quantitative estimate of drug-likeness (QED) is 0.715. The number of rotatable bonds is 8. The number of hydrogen-bond acceptors (Lipinski definition) is 3. The molecule has 0 heterocycles. The highest BCUT2D eigenvalue weighted by Crippen LogP contribution is 2.18. The van der Waals surface area contributed by atoms with E-state index < -0.39 is 11.2 Å². The van der Waals surface area contributed by atoms with Gasteiger partial charge in [0.1, 0.15) is 5.25 Å². The Morgan fingerprint density at radius 1 is 1.32 bits per heavy atom. The highest BCUT2D eigenvalue weighted by atomic mass is 32.2. The topological polar surface area (TPSA) is 66.4 Å². The Hall–Kier alpha value is -1.49. The summed E-state index contributed by atoms with van der Waals surface area (Å²) in [7, 11) is 1.60. The van der Waals surface area contributed by atoms with Crippen molar-refractivity contribution in [3.05, 3.63) is 35.9 Å². The molecule has 0 aliphatic rings. The standard InChI is InChI=1S/C14H19NO3S/c1-15-13(16)8-5-9-19-12(14(17)18)10-11-6-3-2-4-7-11/h2-4,6-7,12H,5,8-10H2,1H3,(H,15,16)(H,17,18). The van der Waals surface area contributed by atoms with Crippen LogP contribution >= 0.6 is 11.8 Å². The van der Waals surface area contributed by atoms with Crippen LogP contribution in [0.2, 0.25) is 0 Å². The third-order valence-corrected chi connectivity index (χ3v) is 3.98. The monoisotopic (exact) mass is 281 g/mol. The summed E-state index contributed by atoms with van der Waals surface area (Å²) in [6.45, 7) is 0. The molecule has 0 radical (unpaired) electrons. The highest BCUT2D eigenvalue weighted by Gasteiger charge is 2.18. The summed E-state index contributed by atoms with van der Waals surface area (Å²) >= 11 is 1.40. The van der Waals surface area contributed by atoms with Crippen molar-refractivity contribution in [3.63, 3.8) is 0 Å². The molecule has 0 spiro atoms. The average molecular weight is 281 g/mol. The Kier molecular flexibility index (Phi) is 7.03. The van der Waals surface area contributed by atoms with Gasteiger partial charge >= 0.3 is 5.97 Å². The van der Waals surface area contributed by atoms with Crippen LogP contribution in [0.4, 0.5) is 0 Å². The van der Waals surface area contributed by atoms with E-state index in [9.17, 15) is 14.7 Å². The lowest BCUT2D eigenvalue weighted by Gasteiger charge is -2.11. The van der Waals surface area contributed by atoms with Gasteiger partial charge in [-0.1, -0.05) is 30.3 Å². The van der Waals surface area contributed by atoms with E-state index >= 15 is 0 Å². The van der Waals surface area contributed by atoms with Gasteiger partial charge in [-0.2, -0.15) is 0 Å². The van der Waals surface area contributed by atoms with Crippen LogP contribution in [0.25, 0.3) is 0 Å². The predicted molar refractivity (Wildman–Crippen MR) is 77.3 cm³/mol. The van der Waals surface area contributed by atoms with E-state index in [0.717, 1.165) is 5.56 Å². The maximum Gasteiger partial charge on any atom is 0.316 e. The number of amides is 1. The van der Waals surface area contributed by atoms with Crippen molar-refractivity contribution in [1.82, 2.24) is 5.32 Å². The first-order valence-corrected chi connectivity index (χ1v) is 7.27. The fourth-order valence-electron chi connectivity index (χ4n) is 1.63. The summed E-state index contributed by atoms with van der Waals surface area (Å²) in [5.74, 6) is -0.124. The van der Waals surface area contributed by atoms with Crippen molar-refractivity contribution in [3.8, 4) is 0 Å². The van der Waals surface area contributed by atoms with Crippen LogP contribution in [0.5, 0.6) is 0 Å². The molecule has 0 aromatic heterocycles. The molecule has 5 heteroatoms.